The second kappa shape index (κ2) is 5.84. The van der Waals surface area contributed by atoms with E-state index in [0.717, 1.165) is 42.8 Å². The number of hydrogen-bond donors (Lipinski definition) is 1. The van der Waals surface area contributed by atoms with E-state index in [1.165, 1.54) is 0 Å². The second-order valence-corrected chi connectivity index (χ2v) is 4.13. The zero-order valence-electron chi connectivity index (χ0n) is 10.2. The van der Waals surface area contributed by atoms with Gasteiger partial charge in [-0.2, -0.15) is 0 Å². The van der Waals surface area contributed by atoms with Gasteiger partial charge in [-0.25, -0.2) is 0 Å². The van der Waals surface area contributed by atoms with Crippen molar-refractivity contribution in [2.75, 3.05) is 13.2 Å². The molecule has 1 atom stereocenters. The Balaban J connectivity index is 1.96. The summed E-state index contributed by atoms with van der Waals surface area (Å²) in [6.07, 6.45) is 1.85. The Hall–Kier alpha value is -1.32. The average molecular weight is 233 g/mol. The summed E-state index contributed by atoms with van der Waals surface area (Å²) in [7, 11) is 0. The van der Waals surface area contributed by atoms with E-state index in [1.54, 1.807) is 0 Å². The van der Waals surface area contributed by atoms with Gasteiger partial charge in [0.25, 0.3) is 0 Å². The highest BCUT2D eigenvalue weighted by molar-refractivity contribution is 5.77. The molecule has 1 unspecified atom stereocenters. The summed E-state index contributed by atoms with van der Waals surface area (Å²) in [5, 5.41) is 1.11. The first-order valence-corrected chi connectivity index (χ1v) is 6.13. The number of fused-ring (bicyclic) bond motifs is 1. The van der Waals surface area contributed by atoms with E-state index >= 15 is 0 Å². The minimum Gasteiger partial charge on any atom is -0.459 e. The molecule has 3 heteroatoms. The molecule has 0 aliphatic carbocycles. The van der Waals surface area contributed by atoms with E-state index in [0.29, 0.717) is 0 Å². The fraction of sp³-hybridized carbons (Fsp3) is 0.429. The lowest BCUT2D eigenvalue weighted by atomic mass is 10.1. The third kappa shape index (κ3) is 3.08. The zero-order valence-corrected chi connectivity index (χ0v) is 10.2. The average Bonchev–Trinajstić information content (AvgIpc) is 2.78. The molecule has 1 aromatic heterocycles. The molecule has 0 saturated carbocycles. The summed E-state index contributed by atoms with van der Waals surface area (Å²) < 4.78 is 11.0. The summed E-state index contributed by atoms with van der Waals surface area (Å²) >= 11 is 0. The van der Waals surface area contributed by atoms with Gasteiger partial charge in [-0.15, -0.1) is 0 Å². The van der Waals surface area contributed by atoms with E-state index in [4.69, 9.17) is 14.9 Å². The highest BCUT2D eigenvalue weighted by Crippen LogP contribution is 2.24. The largest absolute Gasteiger partial charge is 0.459 e. The van der Waals surface area contributed by atoms with Crippen LogP contribution in [0.25, 0.3) is 11.0 Å². The molecule has 0 bridgehead atoms. The Kier molecular flexibility index (Phi) is 4.18. The maximum atomic E-state index is 6.09. The summed E-state index contributed by atoms with van der Waals surface area (Å²) in [5.74, 6) is 0.864. The van der Waals surface area contributed by atoms with Gasteiger partial charge >= 0.3 is 0 Å². The first-order chi connectivity index (χ1) is 8.31. The van der Waals surface area contributed by atoms with Crippen molar-refractivity contribution in [3.8, 4) is 0 Å². The standard InChI is InChI=1S/C14H19NO2/c1-2-16-9-5-7-12(15)14-10-11-6-3-4-8-13(11)17-14/h3-4,6,8,10,12H,2,5,7,9,15H2,1H3. The normalized spacial score (nSPS) is 13.1. The van der Waals surface area contributed by atoms with Crippen molar-refractivity contribution in [3.05, 3.63) is 36.1 Å². The zero-order chi connectivity index (χ0) is 12.1. The van der Waals surface area contributed by atoms with Crippen molar-refractivity contribution in [2.24, 2.45) is 5.73 Å². The Morgan fingerprint density at radius 2 is 2.18 bits per heavy atom. The molecule has 0 saturated heterocycles. The van der Waals surface area contributed by atoms with Gasteiger partial charge < -0.3 is 14.9 Å². The molecule has 0 aliphatic heterocycles. The minimum absolute atomic E-state index is 0.0390. The van der Waals surface area contributed by atoms with E-state index in [9.17, 15) is 0 Å². The first-order valence-electron chi connectivity index (χ1n) is 6.13. The van der Waals surface area contributed by atoms with Gasteiger partial charge in [0.2, 0.25) is 0 Å². The molecule has 92 valence electrons. The SMILES string of the molecule is CCOCCCC(N)c1cc2ccccc2o1. The van der Waals surface area contributed by atoms with Crippen molar-refractivity contribution in [1.29, 1.82) is 0 Å². The number of ether oxygens (including phenoxy) is 1. The van der Waals surface area contributed by atoms with Crippen molar-refractivity contribution in [3.63, 3.8) is 0 Å². The fourth-order valence-corrected chi connectivity index (χ4v) is 1.88. The lowest BCUT2D eigenvalue weighted by Crippen LogP contribution is -2.10. The van der Waals surface area contributed by atoms with Crippen LogP contribution in [0.4, 0.5) is 0 Å². The van der Waals surface area contributed by atoms with Gasteiger partial charge in [0, 0.05) is 18.6 Å². The Labute approximate surface area is 102 Å². The quantitative estimate of drug-likeness (QED) is 0.779. The monoisotopic (exact) mass is 233 g/mol. The summed E-state index contributed by atoms with van der Waals surface area (Å²) in [6.45, 7) is 3.53. The van der Waals surface area contributed by atoms with Gasteiger partial charge in [0.05, 0.1) is 6.04 Å². The predicted octanol–water partition coefficient (Wildman–Crippen LogP) is 3.25. The fourth-order valence-electron chi connectivity index (χ4n) is 1.88. The number of nitrogens with two attached hydrogens (primary N) is 1. The lowest BCUT2D eigenvalue weighted by Gasteiger charge is -2.07. The van der Waals surface area contributed by atoms with Crippen molar-refractivity contribution in [2.45, 2.75) is 25.8 Å². The van der Waals surface area contributed by atoms with Crippen LogP contribution < -0.4 is 5.73 Å². The minimum atomic E-state index is -0.0390. The van der Waals surface area contributed by atoms with E-state index < -0.39 is 0 Å². The molecule has 3 nitrogen and oxygen atoms in total. The van der Waals surface area contributed by atoms with Gasteiger partial charge in [-0.3, -0.25) is 0 Å². The van der Waals surface area contributed by atoms with Crippen LogP contribution in [0.3, 0.4) is 0 Å². The van der Waals surface area contributed by atoms with E-state index in [2.05, 4.69) is 0 Å². The second-order valence-electron chi connectivity index (χ2n) is 4.13. The van der Waals surface area contributed by atoms with Crippen LogP contribution in [0.1, 0.15) is 31.6 Å². The third-order valence-electron chi connectivity index (χ3n) is 2.82. The van der Waals surface area contributed by atoms with Crippen molar-refractivity contribution < 1.29 is 9.15 Å². The van der Waals surface area contributed by atoms with Gasteiger partial charge in [-0.05, 0) is 31.9 Å². The lowest BCUT2D eigenvalue weighted by molar-refractivity contribution is 0.141. The molecule has 0 spiro atoms. The molecule has 0 fully saturated rings. The molecule has 17 heavy (non-hydrogen) atoms. The van der Waals surface area contributed by atoms with E-state index in [-0.39, 0.29) is 6.04 Å². The van der Waals surface area contributed by atoms with Crippen LogP contribution in [0.15, 0.2) is 34.7 Å². The smallest absolute Gasteiger partial charge is 0.134 e. The Bertz CT molecular complexity index is 431. The summed E-state index contributed by atoms with van der Waals surface area (Å²) in [6, 6.07) is 9.96. The molecule has 1 heterocycles. The van der Waals surface area contributed by atoms with Crippen LogP contribution >= 0.6 is 0 Å². The van der Waals surface area contributed by atoms with Crippen molar-refractivity contribution in [1.82, 2.24) is 0 Å². The maximum absolute atomic E-state index is 6.09. The molecular formula is C14H19NO2. The molecule has 0 radical (unpaired) electrons. The van der Waals surface area contributed by atoms with Gasteiger partial charge in [-0.1, -0.05) is 18.2 Å². The Morgan fingerprint density at radius 3 is 2.94 bits per heavy atom. The van der Waals surface area contributed by atoms with Crippen molar-refractivity contribution >= 4 is 11.0 Å². The number of hydrogen-bond acceptors (Lipinski definition) is 3. The number of benzene rings is 1. The molecule has 2 rings (SSSR count). The van der Waals surface area contributed by atoms with Crippen LogP contribution in [0.5, 0.6) is 0 Å². The summed E-state index contributed by atoms with van der Waals surface area (Å²) in [5.41, 5.74) is 7.00. The maximum Gasteiger partial charge on any atom is 0.134 e. The Morgan fingerprint density at radius 1 is 1.35 bits per heavy atom. The van der Waals surface area contributed by atoms with E-state index in [1.807, 2.05) is 37.3 Å². The van der Waals surface area contributed by atoms with Crippen LogP contribution in [-0.4, -0.2) is 13.2 Å². The van der Waals surface area contributed by atoms with Gasteiger partial charge in [0.1, 0.15) is 11.3 Å². The topological polar surface area (TPSA) is 48.4 Å². The van der Waals surface area contributed by atoms with Gasteiger partial charge in [0.15, 0.2) is 0 Å². The molecular weight excluding hydrogens is 214 g/mol. The molecule has 2 aromatic rings. The number of para-hydroxylation sites is 1. The van der Waals surface area contributed by atoms with Crippen LogP contribution in [0.2, 0.25) is 0 Å². The first kappa shape index (κ1) is 12.1. The number of rotatable bonds is 6. The highest BCUT2D eigenvalue weighted by atomic mass is 16.5. The molecule has 0 amide bonds. The third-order valence-corrected chi connectivity index (χ3v) is 2.82. The van der Waals surface area contributed by atoms with Crippen LogP contribution in [-0.2, 0) is 4.74 Å². The molecule has 2 N–H and O–H groups in total. The van der Waals surface area contributed by atoms with Crippen LogP contribution in [0, 0.1) is 0 Å². The summed E-state index contributed by atoms with van der Waals surface area (Å²) in [4.78, 5) is 0. The highest BCUT2D eigenvalue weighted by Gasteiger charge is 2.11. The molecule has 0 aliphatic rings. The predicted molar refractivity (Wildman–Crippen MR) is 68.9 cm³/mol. The number of furan rings is 1. The molecule has 1 aromatic carbocycles.